The summed E-state index contributed by atoms with van der Waals surface area (Å²) >= 11 is 1.46. The van der Waals surface area contributed by atoms with Gasteiger partial charge in [-0.05, 0) is 11.4 Å². The molecule has 3 rings (SSSR count). The summed E-state index contributed by atoms with van der Waals surface area (Å²) in [6, 6.07) is 3.54. The van der Waals surface area contributed by atoms with Gasteiger partial charge in [-0.1, -0.05) is 13.8 Å². The summed E-state index contributed by atoms with van der Waals surface area (Å²) in [7, 11) is 0. The second-order valence-electron chi connectivity index (χ2n) is 4.75. The van der Waals surface area contributed by atoms with Crippen LogP contribution < -0.4 is 5.43 Å². The van der Waals surface area contributed by atoms with Gasteiger partial charge in [0.2, 0.25) is 5.89 Å². The van der Waals surface area contributed by atoms with Crippen LogP contribution >= 0.6 is 11.3 Å². The Kier molecular flexibility index (Phi) is 2.98. The SMILES string of the molecule is CC(C)c1cnc(Cn2ccc(=O)c3sccc32)o1. The summed E-state index contributed by atoms with van der Waals surface area (Å²) < 4.78 is 8.46. The molecule has 4 nitrogen and oxygen atoms in total. The maximum absolute atomic E-state index is 11.7. The summed E-state index contributed by atoms with van der Waals surface area (Å²) in [4.78, 5) is 16.0. The van der Waals surface area contributed by atoms with Gasteiger partial charge in [0.05, 0.1) is 23.0 Å². The Hall–Kier alpha value is -1.88. The van der Waals surface area contributed by atoms with Gasteiger partial charge in [0.25, 0.3) is 0 Å². The summed E-state index contributed by atoms with van der Waals surface area (Å²) in [6.07, 6.45) is 3.56. The molecule has 3 heterocycles. The third-order valence-corrected chi connectivity index (χ3v) is 3.95. The van der Waals surface area contributed by atoms with Gasteiger partial charge >= 0.3 is 0 Å². The van der Waals surface area contributed by atoms with E-state index < -0.39 is 0 Å². The monoisotopic (exact) mass is 274 g/mol. The summed E-state index contributed by atoms with van der Waals surface area (Å²) in [5.74, 6) is 1.88. The smallest absolute Gasteiger partial charge is 0.214 e. The molecule has 5 heteroatoms. The van der Waals surface area contributed by atoms with Crippen LogP contribution in [0.4, 0.5) is 0 Å². The molecular formula is C14H14N2O2S. The molecule has 0 aromatic carbocycles. The van der Waals surface area contributed by atoms with Crippen molar-refractivity contribution in [2.75, 3.05) is 0 Å². The first kappa shape index (κ1) is 12.2. The van der Waals surface area contributed by atoms with Crippen molar-refractivity contribution in [3.05, 3.63) is 51.8 Å². The fraction of sp³-hybridized carbons (Fsp3) is 0.286. The summed E-state index contributed by atoms with van der Waals surface area (Å²) in [5, 5.41) is 1.93. The van der Waals surface area contributed by atoms with Gasteiger partial charge in [-0.3, -0.25) is 4.79 Å². The molecule has 0 radical (unpaired) electrons. The van der Waals surface area contributed by atoms with Crippen LogP contribution in [0.15, 0.2) is 39.1 Å². The number of rotatable bonds is 3. The number of pyridine rings is 1. The highest BCUT2D eigenvalue weighted by atomic mass is 32.1. The normalized spacial score (nSPS) is 11.5. The van der Waals surface area contributed by atoms with Crippen LogP contribution in [0.25, 0.3) is 10.2 Å². The highest BCUT2D eigenvalue weighted by Crippen LogP contribution is 2.19. The number of oxazole rings is 1. The van der Waals surface area contributed by atoms with Crippen LogP contribution in [0, 0.1) is 0 Å². The molecule has 0 amide bonds. The third kappa shape index (κ3) is 2.21. The lowest BCUT2D eigenvalue weighted by molar-refractivity contribution is 0.430. The van der Waals surface area contributed by atoms with Crippen LogP contribution in [0.2, 0.25) is 0 Å². The third-order valence-electron chi connectivity index (χ3n) is 3.03. The Bertz CT molecular complexity index is 767. The number of hydrogen-bond acceptors (Lipinski definition) is 4. The van der Waals surface area contributed by atoms with Gasteiger partial charge in [-0.15, -0.1) is 11.3 Å². The lowest BCUT2D eigenvalue weighted by Gasteiger charge is -2.05. The van der Waals surface area contributed by atoms with Gasteiger partial charge in [-0.2, -0.15) is 0 Å². The van der Waals surface area contributed by atoms with Crippen molar-refractivity contribution in [1.82, 2.24) is 9.55 Å². The van der Waals surface area contributed by atoms with Crippen molar-refractivity contribution in [2.45, 2.75) is 26.3 Å². The maximum Gasteiger partial charge on any atom is 0.214 e. The van der Waals surface area contributed by atoms with Crippen LogP contribution in [0.5, 0.6) is 0 Å². The van der Waals surface area contributed by atoms with E-state index in [1.807, 2.05) is 16.0 Å². The van der Waals surface area contributed by atoms with E-state index >= 15 is 0 Å². The molecular weight excluding hydrogens is 260 g/mol. The maximum atomic E-state index is 11.7. The average Bonchev–Trinajstić information content (AvgIpc) is 3.01. The van der Waals surface area contributed by atoms with Crippen LogP contribution in [0.1, 0.15) is 31.4 Å². The molecule has 0 aliphatic rings. The highest BCUT2D eigenvalue weighted by molar-refractivity contribution is 7.17. The molecule has 0 fully saturated rings. The Morgan fingerprint density at radius 1 is 1.42 bits per heavy atom. The van der Waals surface area contributed by atoms with E-state index in [-0.39, 0.29) is 5.43 Å². The van der Waals surface area contributed by atoms with Crippen molar-refractivity contribution < 1.29 is 4.42 Å². The van der Waals surface area contributed by atoms with Gasteiger partial charge < -0.3 is 8.98 Å². The van der Waals surface area contributed by atoms with Gasteiger partial charge in [0.1, 0.15) is 5.76 Å². The van der Waals surface area contributed by atoms with E-state index in [1.54, 1.807) is 18.5 Å². The standard InChI is InChI=1S/C14H14N2O2S/c1-9(2)12-7-15-13(18-12)8-16-5-3-11(17)14-10(16)4-6-19-14/h3-7,9H,8H2,1-2H3. The predicted octanol–water partition coefficient (Wildman–Crippen LogP) is 3.22. The fourth-order valence-corrected chi connectivity index (χ4v) is 2.80. The summed E-state index contributed by atoms with van der Waals surface area (Å²) in [5.41, 5.74) is 0.998. The molecule has 19 heavy (non-hydrogen) atoms. The molecule has 0 unspecified atom stereocenters. The molecule has 0 bridgehead atoms. The number of fused-ring (bicyclic) bond motifs is 1. The predicted molar refractivity (Wildman–Crippen MR) is 75.8 cm³/mol. The zero-order valence-corrected chi connectivity index (χ0v) is 11.6. The van der Waals surface area contributed by atoms with Crippen LogP contribution in [-0.4, -0.2) is 9.55 Å². The molecule has 98 valence electrons. The molecule has 0 spiro atoms. The Balaban J connectivity index is 1.98. The lowest BCUT2D eigenvalue weighted by atomic mass is 10.2. The molecule has 0 N–H and O–H groups in total. The van der Waals surface area contributed by atoms with E-state index in [4.69, 9.17) is 4.42 Å². The molecule has 3 aromatic heterocycles. The number of thiophene rings is 1. The zero-order valence-electron chi connectivity index (χ0n) is 10.8. The Morgan fingerprint density at radius 3 is 3.00 bits per heavy atom. The van der Waals surface area contributed by atoms with E-state index in [1.165, 1.54) is 11.3 Å². The minimum absolute atomic E-state index is 0.0662. The van der Waals surface area contributed by atoms with E-state index in [2.05, 4.69) is 18.8 Å². The van der Waals surface area contributed by atoms with Crippen molar-refractivity contribution in [3.63, 3.8) is 0 Å². The number of aromatic nitrogens is 2. The molecule has 3 aromatic rings. The van der Waals surface area contributed by atoms with E-state index in [0.717, 1.165) is 16.0 Å². The lowest BCUT2D eigenvalue weighted by Crippen LogP contribution is -2.06. The molecule has 0 saturated carbocycles. The summed E-state index contributed by atoms with van der Waals surface area (Å²) in [6.45, 7) is 4.68. The van der Waals surface area contributed by atoms with Crippen molar-refractivity contribution in [2.24, 2.45) is 0 Å². The van der Waals surface area contributed by atoms with Crippen molar-refractivity contribution >= 4 is 21.6 Å². The molecule has 0 aliphatic heterocycles. The average molecular weight is 274 g/mol. The van der Waals surface area contributed by atoms with Crippen LogP contribution in [0.3, 0.4) is 0 Å². The first-order valence-corrected chi connectivity index (χ1v) is 7.04. The fourth-order valence-electron chi connectivity index (χ4n) is 1.97. The molecule has 0 atom stereocenters. The molecule has 0 aliphatic carbocycles. The second-order valence-corrected chi connectivity index (χ2v) is 5.67. The first-order chi connectivity index (χ1) is 9.15. The zero-order chi connectivity index (χ0) is 13.4. The topological polar surface area (TPSA) is 48.0 Å². The van der Waals surface area contributed by atoms with Gasteiger partial charge in [-0.25, -0.2) is 4.98 Å². The highest BCUT2D eigenvalue weighted by Gasteiger charge is 2.10. The number of nitrogens with zero attached hydrogens (tertiary/aromatic N) is 2. The largest absolute Gasteiger partial charge is 0.443 e. The van der Waals surface area contributed by atoms with Crippen LogP contribution in [-0.2, 0) is 6.54 Å². The second kappa shape index (κ2) is 4.66. The van der Waals surface area contributed by atoms with Gasteiger partial charge in [0, 0.05) is 18.2 Å². The van der Waals surface area contributed by atoms with Gasteiger partial charge in [0.15, 0.2) is 5.43 Å². The van der Waals surface area contributed by atoms with Crippen molar-refractivity contribution in [1.29, 1.82) is 0 Å². The minimum Gasteiger partial charge on any atom is -0.443 e. The van der Waals surface area contributed by atoms with E-state index in [0.29, 0.717) is 18.4 Å². The first-order valence-electron chi connectivity index (χ1n) is 6.16. The minimum atomic E-state index is 0.0662. The Morgan fingerprint density at radius 2 is 2.26 bits per heavy atom. The van der Waals surface area contributed by atoms with Crippen molar-refractivity contribution in [3.8, 4) is 0 Å². The Labute approximate surface area is 114 Å². The quantitative estimate of drug-likeness (QED) is 0.736. The molecule has 0 saturated heterocycles. The van der Waals surface area contributed by atoms with E-state index in [9.17, 15) is 4.79 Å². The number of hydrogen-bond donors (Lipinski definition) is 0.